The number of hydrogen-bond acceptors (Lipinski definition) is 4. The van der Waals surface area contributed by atoms with Gasteiger partial charge in [0.1, 0.15) is 17.3 Å². The summed E-state index contributed by atoms with van der Waals surface area (Å²) >= 11 is 0.917. The molecule has 0 atom stereocenters. The maximum Gasteiger partial charge on any atom is 0.308 e. The third-order valence-corrected chi connectivity index (χ3v) is 5.88. The number of benzene rings is 2. The lowest BCUT2D eigenvalue weighted by Gasteiger charge is -2.11. The van der Waals surface area contributed by atoms with Gasteiger partial charge in [0.05, 0.1) is 15.1 Å². The van der Waals surface area contributed by atoms with Gasteiger partial charge >= 0.3 is 4.87 Å². The fourth-order valence-electron chi connectivity index (χ4n) is 2.46. The fourth-order valence-corrected chi connectivity index (χ4v) is 4.69. The number of aromatic nitrogens is 1. The van der Waals surface area contributed by atoms with E-state index in [4.69, 9.17) is 0 Å². The summed E-state index contributed by atoms with van der Waals surface area (Å²) in [7, 11) is -4.21. The molecule has 0 fully saturated rings. The molecule has 1 aromatic heterocycles. The van der Waals surface area contributed by atoms with Crippen LogP contribution >= 0.6 is 11.3 Å². The highest BCUT2D eigenvalue weighted by Crippen LogP contribution is 2.26. The molecule has 132 valence electrons. The molecular formula is C16H14F2N2O3S2. The molecule has 5 nitrogen and oxygen atoms in total. The normalized spacial score (nSPS) is 12.0. The van der Waals surface area contributed by atoms with E-state index in [0.717, 1.165) is 29.5 Å². The van der Waals surface area contributed by atoms with E-state index in [2.05, 4.69) is 0 Å². The largest absolute Gasteiger partial charge is 0.308 e. The summed E-state index contributed by atoms with van der Waals surface area (Å²) in [6, 6.07) is 7.11. The average Bonchev–Trinajstić information content (AvgIpc) is 2.86. The maximum absolute atomic E-state index is 13.7. The zero-order valence-electron chi connectivity index (χ0n) is 13.3. The summed E-state index contributed by atoms with van der Waals surface area (Å²) in [6.07, 6.45) is 0. The molecule has 2 aromatic carbocycles. The van der Waals surface area contributed by atoms with Gasteiger partial charge in [-0.1, -0.05) is 17.4 Å². The third kappa shape index (κ3) is 3.16. The molecule has 3 aromatic rings. The number of hydrogen-bond donors (Lipinski definition) is 1. The van der Waals surface area contributed by atoms with E-state index in [0.29, 0.717) is 10.2 Å². The van der Waals surface area contributed by atoms with Crippen LogP contribution in [0.3, 0.4) is 0 Å². The summed E-state index contributed by atoms with van der Waals surface area (Å²) in [5.41, 5.74) is -0.128. The highest BCUT2D eigenvalue weighted by Gasteiger charge is 2.21. The van der Waals surface area contributed by atoms with Gasteiger partial charge in [-0.25, -0.2) is 17.2 Å². The van der Waals surface area contributed by atoms with Crippen LogP contribution in [0, 0.1) is 11.6 Å². The fraction of sp³-hybridized carbons (Fsp3) is 0.188. The zero-order chi connectivity index (χ0) is 18.4. The van der Waals surface area contributed by atoms with E-state index >= 15 is 0 Å². The Bertz CT molecular complexity index is 1100. The molecule has 1 heterocycles. The number of nitrogens with one attached hydrogen (secondary N) is 1. The Balaban J connectivity index is 2.08. The molecule has 0 aliphatic heterocycles. The van der Waals surface area contributed by atoms with Crippen LogP contribution in [0.1, 0.15) is 19.9 Å². The molecule has 0 spiro atoms. The van der Waals surface area contributed by atoms with E-state index in [-0.39, 0.29) is 15.8 Å². The second kappa shape index (κ2) is 6.23. The van der Waals surface area contributed by atoms with Gasteiger partial charge in [-0.2, -0.15) is 0 Å². The number of nitrogens with zero attached hydrogens (tertiary/aromatic N) is 1. The smallest absolute Gasteiger partial charge is 0.296 e. The second-order valence-corrected chi connectivity index (χ2v) is 8.34. The summed E-state index contributed by atoms with van der Waals surface area (Å²) < 4.78 is 56.2. The summed E-state index contributed by atoms with van der Waals surface area (Å²) in [5.74, 6) is -2.03. The lowest BCUT2D eigenvalue weighted by molar-refractivity contribution is 0.583. The number of fused-ring (bicyclic) bond motifs is 1. The van der Waals surface area contributed by atoms with Crippen LogP contribution in [0.4, 0.5) is 14.5 Å². The molecule has 3 rings (SSSR count). The Morgan fingerprint density at radius 2 is 1.76 bits per heavy atom. The van der Waals surface area contributed by atoms with Gasteiger partial charge in [0.2, 0.25) is 0 Å². The molecule has 25 heavy (non-hydrogen) atoms. The second-order valence-electron chi connectivity index (χ2n) is 5.66. The summed E-state index contributed by atoms with van der Waals surface area (Å²) in [6.45, 7) is 3.70. The predicted octanol–water partition coefficient (Wildman–Crippen LogP) is 3.72. The third-order valence-electron chi connectivity index (χ3n) is 3.61. The molecule has 9 heteroatoms. The minimum atomic E-state index is -4.21. The van der Waals surface area contributed by atoms with Crippen molar-refractivity contribution in [3.8, 4) is 0 Å². The number of sulfonamides is 1. The molecule has 0 unspecified atom stereocenters. The van der Waals surface area contributed by atoms with Gasteiger partial charge in [-0.15, -0.1) is 0 Å². The number of rotatable bonds is 4. The first-order valence-electron chi connectivity index (χ1n) is 7.32. The Labute approximate surface area is 146 Å². The first kappa shape index (κ1) is 17.6. The van der Waals surface area contributed by atoms with Crippen LogP contribution in [0.5, 0.6) is 0 Å². The Morgan fingerprint density at radius 3 is 2.36 bits per heavy atom. The Morgan fingerprint density at radius 1 is 1.12 bits per heavy atom. The lowest BCUT2D eigenvalue weighted by Crippen LogP contribution is -2.16. The van der Waals surface area contributed by atoms with Crippen LogP contribution in [-0.2, 0) is 10.0 Å². The van der Waals surface area contributed by atoms with Crippen molar-refractivity contribution in [3.05, 3.63) is 57.7 Å². The average molecular weight is 384 g/mol. The molecule has 1 N–H and O–H groups in total. The molecule has 0 saturated heterocycles. The predicted molar refractivity (Wildman–Crippen MR) is 93.6 cm³/mol. The van der Waals surface area contributed by atoms with Crippen LogP contribution in [0.2, 0.25) is 0 Å². The Kier molecular flexibility index (Phi) is 4.38. The van der Waals surface area contributed by atoms with E-state index in [9.17, 15) is 22.0 Å². The van der Waals surface area contributed by atoms with Crippen molar-refractivity contribution in [2.75, 3.05) is 4.72 Å². The highest BCUT2D eigenvalue weighted by molar-refractivity contribution is 7.92. The zero-order valence-corrected chi connectivity index (χ0v) is 14.9. The van der Waals surface area contributed by atoms with Gasteiger partial charge in [0.25, 0.3) is 10.0 Å². The van der Waals surface area contributed by atoms with Crippen molar-refractivity contribution in [2.45, 2.75) is 24.8 Å². The Hall–Kier alpha value is -2.26. The molecule has 0 amide bonds. The minimum absolute atomic E-state index is 0.0747. The highest BCUT2D eigenvalue weighted by atomic mass is 32.2. The number of anilines is 1. The first-order chi connectivity index (χ1) is 11.7. The molecule has 0 bridgehead atoms. The van der Waals surface area contributed by atoms with Crippen LogP contribution in [0.25, 0.3) is 10.2 Å². The number of thiazole rings is 1. The van der Waals surface area contributed by atoms with Crippen molar-refractivity contribution < 1.29 is 17.2 Å². The van der Waals surface area contributed by atoms with Crippen LogP contribution in [0.15, 0.2) is 46.1 Å². The van der Waals surface area contributed by atoms with Crippen LogP contribution in [-0.4, -0.2) is 13.0 Å². The lowest BCUT2D eigenvalue weighted by atomic mass is 10.3. The van der Waals surface area contributed by atoms with Gasteiger partial charge < -0.3 is 0 Å². The first-order valence-corrected chi connectivity index (χ1v) is 9.62. The van der Waals surface area contributed by atoms with Gasteiger partial charge in [-0.05, 0) is 44.2 Å². The summed E-state index contributed by atoms with van der Waals surface area (Å²) in [5, 5.41) is 0. The number of para-hydroxylation sites is 1. The minimum Gasteiger partial charge on any atom is -0.296 e. The molecule has 0 radical (unpaired) electrons. The standard InChI is InChI=1S/C16H14F2N2O3S2/c1-9(2)20-13-7-6-10(8-14(13)24-16(20)21)25(22,23)19-15-11(17)4-3-5-12(15)18/h3-9,19H,1-2H3. The van der Waals surface area contributed by atoms with E-state index in [1.807, 2.05) is 18.6 Å². The van der Waals surface area contributed by atoms with Gasteiger partial charge in [0.15, 0.2) is 0 Å². The van der Waals surface area contributed by atoms with Crippen molar-refractivity contribution in [3.63, 3.8) is 0 Å². The van der Waals surface area contributed by atoms with E-state index in [1.54, 1.807) is 4.57 Å². The van der Waals surface area contributed by atoms with Crippen molar-refractivity contribution in [1.29, 1.82) is 0 Å². The van der Waals surface area contributed by atoms with E-state index < -0.39 is 27.3 Å². The van der Waals surface area contributed by atoms with Crippen molar-refractivity contribution in [2.24, 2.45) is 0 Å². The summed E-state index contributed by atoms with van der Waals surface area (Å²) in [4.78, 5) is 11.7. The van der Waals surface area contributed by atoms with E-state index in [1.165, 1.54) is 18.2 Å². The van der Waals surface area contributed by atoms with Gasteiger partial charge in [0, 0.05) is 6.04 Å². The quantitative estimate of drug-likeness (QED) is 0.745. The van der Waals surface area contributed by atoms with Gasteiger partial charge in [-0.3, -0.25) is 14.1 Å². The number of halogens is 2. The van der Waals surface area contributed by atoms with Crippen molar-refractivity contribution >= 4 is 37.3 Å². The molecule has 0 aliphatic rings. The molecule has 0 saturated carbocycles. The monoisotopic (exact) mass is 384 g/mol. The SMILES string of the molecule is CC(C)n1c(=O)sc2cc(S(=O)(=O)Nc3c(F)cccc3F)ccc21. The topological polar surface area (TPSA) is 68.2 Å². The molecule has 0 aliphatic carbocycles. The maximum atomic E-state index is 13.7. The van der Waals surface area contributed by atoms with Crippen molar-refractivity contribution in [1.82, 2.24) is 4.57 Å². The van der Waals surface area contributed by atoms with Crippen LogP contribution < -0.4 is 9.60 Å². The molecular weight excluding hydrogens is 370 g/mol.